The van der Waals surface area contributed by atoms with Crippen molar-refractivity contribution in [3.63, 3.8) is 0 Å². The van der Waals surface area contributed by atoms with Gasteiger partial charge in [-0.05, 0) is 29.8 Å². The van der Waals surface area contributed by atoms with Gasteiger partial charge in [0.25, 0.3) is 0 Å². The molecule has 168 valence electrons. The number of benzene rings is 4. The number of aromatic nitrogens is 3. The van der Waals surface area contributed by atoms with Crippen LogP contribution in [-0.4, -0.2) is 14.5 Å². The Morgan fingerprint density at radius 3 is 2.20 bits per heavy atom. The largest absolute Gasteiger partial charge is 0.309 e. The highest BCUT2D eigenvalue weighted by atomic mass is 35.5. The zero-order valence-electron chi connectivity index (χ0n) is 19.5. The first-order valence-electron chi connectivity index (χ1n) is 11.8. The van der Waals surface area contributed by atoms with Crippen LogP contribution >= 0.6 is 11.6 Å². The van der Waals surface area contributed by atoms with Crippen LogP contribution in [0.25, 0.3) is 50.0 Å². The molecule has 35 heavy (non-hydrogen) atoms. The number of fused-ring (bicyclic) bond motifs is 6. The molecular formula is C31H22ClN3. The average Bonchev–Trinajstić information content (AvgIpc) is 3.34. The highest BCUT2D eigenvalue weighted by molar-refractivity contribution is 6.32. The minimum absolute atomic E-state index is 0.240. The summed E-state index contributed by atoms with van der Waals surface area (Å²) >= 11 is 6.91. The van der Waals surface area contributed by atoms with Gasteiger partial charge in [0.1, 0.15) is 5.69 Å². The fraction of sp³-hybridized carbons (Fsp3) is 0.0968. The highest BCUT2D eigenvalue weighted by Gasteiger charge is 2.39. The molecule has 7 rings (SSSR count). The van der Waals surface area contributed by atoms with Crippen LogP contribution in [0.3, 0.4) is 0 Å². The second kappa shape index (κ2) is 7.27. The van der Waals surface area contributed by atoms with E-state index in [0.29, 0.717) is 5.15 Å². The first kappa shape index (κ1) is 20.4. The molecule has 3 nitrogen and oxygen atoms in total. The second-order valence-electron chi connectivity index (χ2n) is 9.62. The van der Waals surface area contributed by atoms with Crippen molar-refractivity contribution in [3.8, 4) is 28.2 Å². The lowest BCUT2D eigenvalue weighted by Crippen LogP contribution is -2.17. The Morgan fingerprint density at radius 2 is 1.34 bits per heavy atom. The summed E-state index contributed by atoms with van der Waals surface area (Å²) in [5, 5.41) is 2.74. The van der Waals surface area contributed by atoms with Gasteiger partial charge in [0.2, 0.25) is 0 Å². The maximum atomic E-state index is 6.91. The molecule has 0 saturated carbocycles. The molecule has 2 heterocycles. The normalized spacial score (nSPS) is 13.8. The van der Waals surface area contributed by atoms with Crippen LogP contribution in [0, 0.1) is 0 Å². The Hall–Kier alpha value is -3.95. The lowest BCUT2D eigenvalue weighted by molar-refractivity contribution is 0.635. The zero-order valence-corrected chi connectivity index (χ0v) is 20.2. The van der Waals surface area contributed by atoms with Crippen LogP contribution in [0.5, 0.6) is 0 Å². The van der Waals surface area contributed by atoms with Gasteiger partial charge in [0, 0.05) is 33.0 Å². The lowest BCUT2D eigenvalue weighted by Gasteiger charge is -2.20. The Morgan fingerprint density at radius 1 is 0.657 bits per heavy atom. The van der Waals surface area contributed by atoms with Crippen LogP contribution < -0.4 is 0 Å². The summed E-state index contributed by atoms with van der Waals surface area (Å²) in [4.78, 5) is 10.1. The Balaban J connectivity index is 1.57. The first-order chi connectivity index (χ1) is 17.1. The third kappa shape index (κ3) is 2.79. The van der Waals surface area contributed by atoms with Gasteiger partial charge in [-0.3, -0.25) is 0 Å². The Labute approximate surface area is 208 Å². The molecule has 0 amide bonds. The summed E-state index contributed by atoms with van der Waals surface area (Å²) < 4.78 is 2.31. The summed E-state index contributed by atoms with van der Waals surface area (Å²) in [6.45, 7) is 4.38. The smallest absolute Gasteiger partial charge is 0.155 e. The maximum Gasteiger partial charge on any atom is 0.155 e. The molecule has 0 fully saturated rings. The molecule has 4 aromatic carbocycles. The van der Waals surface area contributed by atoms with Crippen molar-refractivity contribution in [1.82, 2.24) is 14.5 Å². The number of para-hydroxylation sites is 2. The quantitative estimate of drug-likeness (QED) is 0.255. The van der Waals surface area contributed by atoms with Crippen LogP contribution in [0.4, 0.5) is 0 Å². The van der Waals surface area contributed by atoms with Crippen LogP contribution in [0.1, 0.15) is 25.1 Å². The van der Waals surface area contributed by atoms with E-state index in [4.69, 9.17) is 21.6 Å². The molecule has 0 unspecified atom stereocenters. The third-order valence-electron chi connectivity index (χ3n) is 7.27. The van der Waals surface area contributed by atoms with Crippen molar-refractivity contribution in [2.24, 2.45) is 0 Å². The van der Waals surface area contributed by atoms with Gasteiger partial charge >= 0.3 is 0 Å². The van der Waals surface area contributed by atoms with Gasteiger partial charge < -0.3 is 4.57 Å². The van der Waals surface area contributed by atoms with Gasteiger partial charge in [-0.25, -0.2) is 9.97 Å². The highest BCUT2D eigenvalue weighted by Crippen LogP contribution is 2.49. The van der Waals surface area contributed by atoms with Crippen molar-refractivity contribution in [2.75, 3.05) is 0 Å². The lowest BCUT2D eigenvalue weighted by atomic mass is 9.85. The molecule has 0 spiro atoms. The van der Waals surface area contributed by atoms with E-state index >= 15 is 0 Å². The van der Waals surface area contributed by atoms with Crippen molar-refractivity contribution in [3.05, 3.63) is 113 Å². The molecule has 0 atom stereocenters. The number of nitrogens with zero attached hydrogens (tertiary/aromatic N) is 3. The molecule has 6 aromatic rings. The van der Waals surface area contributed by atoms with E-state index in [-0.39, 0.29) is 5.41 Å². The SMILES string of the molecule is CC1(C)c2ccccc2-c2nc(-c3cccc4c3c3ccccc3n4-c3ccccc3)c(Cl)nc21. The predicted octanol–water partition coefficient (Wildman–Crippen LogP) is 8.20. The number of halogens is 1. The molecule has 2 aromatic heterocycles. The Kier molecular flexibility index (Phi) is 4.24. The monoisotopic (exact) mass is 471 g/mol. The summed E-state index contributed by atoms with van der Waals surface area (Å²) in [6.07, 6.45) is 0. The topological polar surface area (TPSA) is 30.7 Å². The van der Waals surface area contributed by atoms with E-state index in [1.807, 2.05) is 6.07 Å². The molecule has 4 heteroatoms. The van der Waals surface area contributed by atoms with E-state index in [1.165, 1.54) is 10.9 Å². The van der Waals surface area contributed by atoms with Gasteiger partial charge in [-0.1, -0.05) is 98.2 Å². The summed E-state index contributed by atoms with van der Waals surface area (Å²) in [5.74, 6) is 0. The zero-order chi connectivity index (χ0) is 23.7. The van der Waals surface area contributed by atoms with Crippen LogP contribution in [0.2, 0.25) is 5.15 Å². The van der Waals surface area contributed by atoms with E-state index in [0.717, 1.165) is 50.3 Å². The van der Waals surface area contributed by atoms with E-state index in [1.54, 1.807) is 0 Å². The molecule has 1 aliphatic carbocycles. The van der Waals surface area contributed by atoms with Gasteiger partial charge in [-0.2, -0.15) is 0 Å². The minimum atomic E-state index is -0.240. The molecule has 0 bridgehead atoms. The third-order valence-corrected chi connectivity index (χ3v) is 7.53. The van der Waals surface area contributed by atoms with Gasteiger partial charge in [0.05, 0.1) is 22.4 Å². The molecule has 0 radical (unpaired) electrons. The fourth-order valence-corrected chi connectivity index (χ4v) is 5.87. The van der Waals surface area contributed by atoms with E-state index < -0.39 is 0 Å². The standard InChI is InChI=1S/C31H22ClN3/c1-31(2)23-16-8-6-13-20(23)27-29(31)34-30(32)28(33-27)22-15-10-18-25-26(22)21-14-7-9-17-24(21)35(25)19-11-4-3-5-12-19/h3-18H,1-2H3. The molecular weight excluding hydrogens is 450 g/mol. The molecule has 0 saturated heterocycles. The number of hydrogen-bond acceptors (Lipinski definition) is 2. The first-order valence-corrected chi connectivity index (χ1v) is 12.2. The van der Waals surface area contributed by atoms with Gasteiger partial charge in [0.15, 0.2) is 5.15 Å². The van der Waals surface area contributed by atoms with Crippen molar-refractivity contribution >= 4 is 33.4 Å². The molecule has 1 aliphatic rings. The maximum absolute atomic E-state index is 6.91. The van der Waals surface area contributed by atoms with E-state index in [2.05, 4.69) is 109 Å². The number of hydrogen-bond donors (Lipinski definition) is 0. The predicted molar refractivity (Wildman–Crippen MR) is 144 cm³/mol. The summed E-state index contributed by atoms with van der Waals surface area (Å²) in [6, 6.07) is 33.8. The van der Waals surface area contributed by atoms with E-state index in [9.17, 15) is 0 Å². The minimum Gasteiger partial charge on any atom is -0.309 e. The fourth-order valence-electron chi connectivity index (χ4n) is 5.64. The molecule has 0 aliphatic heterocycles. The average molecular weight is 472 g/mol. The van der Waals surface area contributed by atoms with Gasteiger partial charge in [-0.15, -0.1) is 0 Å². The number of rotatable bonds is 2. The van der Waals surface area contributed by atoms with Crippen molar-refractivity contribution < 1.29 is 0 Å². The van der Waals surface area contributed by atoms with Crippen molar-refractivity contribution in [1.29, 1.82) is 0 Å². The summed E-state index contributed by atoms with van der Waals surface area (Å²) in [5.41, 5.74) is 9.11. The van der Waals surface area contributed by atoms with Crippen molar-refractivity contribution in [2.45, 2.75) is 19.3 Å². The second-order valence-corrected chi connectivity index (χ2v) is 9.98. The Bertz CT molecular complexity index is 1780. The van der Waals surface area contributed by atoms with Crippen LogP contribution in [0.15, 0.2) is 97.1 Å². The van der Waals surface area contributed by atoms with Crippen LogP contribution in [-0.2, 0) is 5.41 Å². The summed E-state index contributed by atoms with van der Waals surface area (Å²) in [7, 11) is 0. The molecule has 0 N–H and O–H groups in total.